The lowest BCUT2D eigenvalue weighted by Crippen LogP contribution is -2.35. The van der Waals surface area contributed by atoms with Crippen molar-refractivity contribution < 1.29 is 4.79 Å². The number of rotatable bonds is 6. The molecule has 1 atom stereocenters. The quantitative estimate of drug-likeness (QED) is 0.822. The van der Waals surface area contributed by atoms with Gasteiger partial charge in [-0.15, -0.1) is 5.10 Å². The van der Waals surface area contributed by atoms with Gasteiger partial charge in [-0.25, -0.2) is 0 Å². The molecule has 7 heteroatoms. The van der Waals surface area contributed by atoms with Gasteiger partial charge in [0.15, 0.2) is 0 Å². The number of carbonyl (C=O) groups is 1. The van der Waals surface area contributed by atoms with E-state index in [0.29, 0.717) is 16.8 Å². The van der Waals surface area contributed by atoms with Gasteiger partial charge in [-0.05, 0) is 61.1 Å². The average molecular weight is 331 g/mol. The fourth-order valence-corrected chi connectivity index (χ4v) is 3.38. The van der Waals surface area contributed by atoms with Crippen molar-refractivity contribution in [2.24, 2.45) is 5.92 Å². The van der Waals surface area contributed by atoms with Crippen molar-refractivity contribution in [3.63, 3.8) is 0 Å². The zero-order chi connectivity index (χ0) is 16.4. The summed E-state index contributed by atoms with van der Waals surface area (Å²) < 4.78 is 1.72. The molecule has 1 amide bonds. The zero-order valence-electron chi connectivity index (χ0n) is 13.6. The highest BCUT2D eigenvalue weighted by Crippen LogP contribution is 2.32. The number of para-hydroxylation sites is 1. The van der Waals surface area contributed by atoms with Gasteiger partial charge in [0.1, 0.15) is 0 Å². The Morgan fingerprint density at radius 2 is 2.09 bits per heavy atom. The molecular formula is C16H21N5OS. The summed E-state index contributed by atoms with van der Waals surface area (Å²) in [4.78, 5) is 12.1. The molecule has 1 aromatic heterocycles. The van der Waals surface area contributed by atoms with Gasteiger partial charge in [0, 0.05) is 6.04 Å². The fraction of sp³-hybridized carbons (Fsp3) is 0.500. The van der Waals surface area contributed by atoms with Crippen molar-refractivity contribution in [3.05, 3.63) is 29.3 Å². The number of nitrogens with zero attached hydrogens (tertiary/aromatic N) is 4. The summed E-state index contributed by atoms with van der Waals surface area (Å²) in [6, 6.07) is 6.33. The van der Waals surface area contributed by atoms with Crippen LogP contribution in [0.5, 0.6) is 0 Å². The summed E-state index contributed by atoms with van der Waals surface area (Å²) >= 11 is 1.36. The lowest BCUT2D eigenvalue weighted by Gasteiger charge is -2.13. The Bertz CT molecular complexity index is 690. The van der Waals surface area contributed by atoms with E-state index in [0.717, 1.165) is 16.8 Å². The van der Waals surface area contributed by atoms with Gasteiger partial charge in [-0.1, -0.05) is 30.0 Å². The van der Waals surface area contributed by atoms with E-state index in [2.05, 4.69) is 27.8 Å². The lowest BCUT2D eigenvalue weighted by molar-refractivity contribution is -0.119. The van der Waals surface area contributed by atoms with Crippen LogP contribution in [0.4, 0.5) is 0 Å². The Labute approximate surface area is 140 Å². The molecule has 3 rings (SSSR count). The van der Waals surface area contributed by atoms with E-state index >= 15 is 0 Å². The maximum Gasteiger partial charge on any atom is 0.230 e. The van der Waals surface area contributed by atoms with E-state index in [-0.39, 0.29) is 11.9 Å². The van der Waals surface area contributed by atoms with Gasteiger partial charge in [-0.2, -0.15) is 4.68 Å². The van der Waals surface area contributed by atoms with Crippen LogP contribution in [0.1, 0.15) is 30.9 Å². The summed E-state index contributed by atoms with van der Waals surface area (Å²) in [7, 11) is 0. The largest absolute Gasteiger partial charge is 0.353 e. The van der Waals surface area contributed by atoms with Crippen molar-refractivity contribution in [2.75, 3.05) is 5.75 Å². The minimum Gasteiger partial charge on any atom is -0.353 e. The van der Waals surface area contributed by atoms with Crippen LogP contribution >= 0.6 is 11.8 Å². The number of aryl methyl sites for hydroxylation is 2. The minimum absolute atomic E-state index is 0.0328. The van der Waals surface area contributed by atoms with E-state index < -0.39 is 0 Å². The van der Waals surface area contributed by atoms with E-state index in [1.54, 1.807) is 4.68 Å². The number of carbonyl (C=O) groups excluding carboxylic acids is 1. The molecule has 2 aromatic rings. The molecule has 23 heavy (non-hydrogen) atoms. The number of tetrazole rings is 1. The molecule has 0 aliphatic heterocycles. The van der Waals surface area contributed by atoms with Crippen molar-refractivity contribution >= 4 is 17.7 Å². The van der Waals surface area contributed by atoms with Crippen LogP contribution in [0.25, 0.3) is 5.69 Å². The topological polar surface area (TPSA) is 72.7 Å². The normalized spacial score (nSPS) is 15.4. The number of hydrogen-bond donors (Lipinski definition) is 1. The molecule has 1 aliphatic carbocycles. The third-order valence-electron chi connectivity index (χ3n) is 4.14. The first-order valence-electron chi connectivity index (χ1n) is 7.83. The van der Waals surface area contributed by atoms with Gasteiger partial charge in [0.2, 0.25) is 11.1 Å². The molecule has 1 aliphatic rings. The highest BCUT2D eigenvalue weighted by atomic mass is 32.2. The molecule has 1 N–H and O–H groups in total. The lowest BCUT2D eigenvalue weighted by atomic mass is 10.1. The van der Waals surface area contributed by atoms with Crippen LogP contribution in [-0.4, -0.2) is 37.9 Å². The maximum absolute atomic E-state index is 12.1. The first-order chi connectivity index (χ1) is 11.1. The van der Waals surface area contributed by atoms with Crippen LogP contribution in [0, 0.1) is 19.8 Å². The standard InChI is InChI=1S/C16H21N5OS/c1-10-5-4-6-11(2)15(10)21-16(18-19-20-21)23-9-14(22)17-12(3)13-7-8-13/h4-6,12-13H,7-9H2,1-3H3,(H,17,22)/t12-/m0/s1. The van der Waals surface area contributed by atoms with Crippen LogP contribution < -0.4 is 5.32 Å². The van der Waals surface area contributed by atoms with Crippen LogP contribution in [0.2, 0.25) is 0 Å². The van der Waals surface area contributed by atoms with Gasteiger partial charge in [0.25, 0.3) is 0 Å². The fourth-order valence-electron chi connectivity index (χ4n) is 2.69. The van der Waals surface area contributed by atoms with E-state index in [1.807, 2.05) is 32.0 Å². The zero-order valence-corrected chi connectivity index (χ0v) is 14.4. The van der Waals surface area contributed by atoms with Gasteiger partial charge >= 0.3 is 0 Å². The van der Waals surface area contributed by atoms with Crippen molar-refractivity contribution in [1.29, 1.82) is 0 Å². The molecule has 122 valence electrons. The van der Waals surface area contributed by atoms with E-state index in [1.165, 1.54) is 24.6 Å². The first kappa shape index (κ1) is 16.0. The van der Waals surface area contributed by atoms with Crippen molar-refractivity contribution in [3.8, 4) is 5.69 Å². The molecule has 0 unspecified atom stereocenters. The van der Waals surface area contributed by atoms with Gasteiger partial charge in [-0.3, -0.25) is 4.79 Å². The molecule has 1 fully saturated rings. The second-order valence-corrected chi connectivity index (χ2v) is 7.04. The molecule has 1 aromatic carbocycles. The molecule has 6 nitrogen and oxygen atoms in total. The Hall–Kier alpha value is -1.89. The highest BCUT2D eigenvalue weighted by Gasteiger charge is 2.28. The third kappa shape index (κ3) is 3.72. The number of aromatic nitrogens is 4. The third-order valence-corrected chi connectivity index (χ3v) is 5.06. The number of amides is 1. The Morgan fingerprint density at radius 1 is 1.39 bits per heavy atom. The van der Waals surface area contributed by atoms with Gasteiger partial charge in [0.05, 0.1) is 11.4 Å². The second kappa shape index (κ2) is 6.70. The van der Waals surface area contributed by atoms with Crippen molar-refractivity contribution in [2.45, 2.75) is 44.8 Å². The summed E-state index contributed by atoms with van der Waals surface area (Å²) in [5, 5.41) is 15.6. The molecular weight excluding hydrogens is 310 g/mol. The second-order valence-electron chi connectivity index (χ2n) is 6.10. The summed E-state index contributed by atoms with van der Waals surface area (Å²) in [5.74, 6) is 1.01. The SMILES string of the molecule is Cc1cccc(C)c1-n1nnnc1SCC(=O)N[C@@H](C)C1CC1. The predicted octanol–water partition coefficient (Wildman–Crippen LogP) is 2.29. The van der Waals surface area contributed by atoms with Crippen molar-refractivity contribution in [1.82, 2.24) is 25.5 Å². The average Bonchev–Trinajstić information content (AvgIpc) is 3.26. The maximum atomic E-state index is 12.1. The monoisotopic (exact) mass is 331 g/mol. The molecule has 0 radical (unpaired) electrons. The molecule has 0 saturated heterocycles. The van der Waals surface area contributed by atoms with Gasteiger partial charge < -0.3 is 5.32 Å². The van der Waals surface area contributed by atoms with E-state index in [9.17, 15) is 4.79 Å². The highest BCUT2D eigenvalue weighted by molar-refractivity contribution is 7.99. The van der Waals surface area contributed by atoms with E-state index in [4.69, 9.17) is 0 Å². The summed E-state index contributed by atoms with van der Waals surface area (Å²) in [5.41, 5.74) is 3.18. The van der Waals surface area contributed by atoms with Crippen LogP contribution in [-0.2, 0) is 4.79 Å². The summed E-state index contributed by atoms with van der Waals surface area (Å²) in [6.07, 6.45) is 2.44. The predicted molar refractivity (Wildman–Crippen MR) is 89.7 cm³/mol. The molecule has 0 bridgehead atoms. The Morgan fingerprint density at radius 3 is 2.74 bits per heavy atom. The van der Waals surface area contributed by atoms with Crippen LogP contribution in [0.15, 0.2) is 23.4 Å². The number of hydrogen-bond acceptors (Lipinski definition) is 5. The Kier molecular flexibility index (Phi) is 4.66. The molecule has 1 heterocycles. The smallest absolute Gasteiger partial charge is 0.230 e. The number of nitrogens with one attached hydrogen (secondary N) is 1. The van der Waals surface area contributed by atoms with Crippen LogP contribution in [0.3, 0.4) is 0 Å². The first-order valence-corrected chi connectivity index (χ1v) is 8.82. The minimum atomic E-state index is 0.0328. The number of benzene rings is 1. The summed E-state index contributed by atoms with van der Waals surface area (Å²) in [6.45, 7) is 6.13. The Balaban J connectivity index is 1.68. The molecule has 0 spiro atoms. The number of thioether (sulfide) groups is 1. The molecule has 1 saturated carbocycles.